The van der Waals surface area contributed by atoms with E-state index in [1.165, 1.54) is 6.07 Å². The monoisotopic (exact) mass is 226 g/mol. The molecule has 0 radical (unpaired) electrons. The Hall–Kier alpha value is -0.920. The second kappa shape index (κ2) is 6.62. The highest BCUT2D eigenvalue weighted by Gasteiger charge is 2.16. The molecule has 1 aromatic carbocycles. The zero-order valence-corrected chi connectivity index (χ0v) is 10.1. The largest absolute Gasteiger partial charge is 0.204 e. The molecule has 1 atom stereocenters. The average molecular weight is 226 g/mol. The van der Waals surface area contributed by atoms with Gasteiger partial charge in [0.15, 0.2) is 11.6 Å². The van der Waals surface area contributed by atoms with Crippen LogP contribution in [0, 0.1) is 11.6 Å². The van der Waals surface area contributed by atoms with Gasteiger partial charge in [0.2, 0.25) is 0 Å². The molecule has 1 unspecified atom stereocenters. The first-order chi connectivity index (χ1) is 7.70. The molecule has 0 aliphatic heterocycles. The quantitative estimate of drug-likeness (QED) is 0.596. The van der Waals surface area contributed by atoms with Crippen molar-refractivity contribution in [2.75, 3.05) is 0 Å². The molecular formula is C14H20F2. The van der Waals surface area contributed by atoms with Crippen molar-refractivity contribution >= 4 is 0 Å². The van der Waals surface area contributed by atoms with Gasteiger partial charge in [-0.05, 0) is 30.4 Å². The average Bonchev–Trinajstić information content (AvgIpc) is 2.29. The number of halogens is 2. The highest BCUT2D eigenvalue weighted by atomic mass is 19.2. The molecule has 0 fully saturated rings. The molecule has 0 saturated heterocycles. The van der Waals surface area contributed by atoms with Crippen LogP contribution in [0.4, 0.5) is 8.78 Å². The van der Waals surface area contributed by atoms with Gasteiger partial charge in [0.25, 0.3) is 0 Å². The van der Waals surface area contributed by atoms with E-state index >= 15 is 0 Å². The second-order valence-corrected chi connectivity index (χ2v) is 4.24. The fourth-order valence-electron chi connectivity index (χ4n) is 2.06. The van der Waals surface area contributed by atoms with Crippen LogP contribution in [0.1, 0.15) is 57.4 Å². The Morgan fingerprint density at radius 1 is 1.12 bits per heavy atom. The molecule has 0 heterocycles. The summed E-state index contributed by atoms with van der Waals surface area (Å²) < 4.78 is 26.7. The molecular weight excluding hydrogens is 206 g/mol. The summed E-state index contributed by atoms with van der Waals surface area (Å²) in [6.45, 7) is 4.17. The Morgan fingerprint density at radius 3 is 2.50 bits per heavy atom. The molecule has 0 N–H and O–H groups in total. The minimum atomic E-state index is -0.730. The third kappa shape index (κ3) is 3.29. The lowest BCUT2D eigenvalue weighted by atomic mass is 9.90. The third-order valence-corrected chi connectivity index (χ3v) is 3.07. The van der Waals surface area contributed by atoms with Crippen LogP contribution in [0.15, 0.2) is 18.2 Å². The minimum Gasteiger partial charge on any atom is -0.204 e. The first-order valence-corrected chi connectivity index (χ1v) is 6.14. The fourth-order valence-corrected chi connectivity index (χ4v) is 2.06. The van der Waals surface area contributed by atoms with E-state index in [9.17, 15) is 8.78 Å². The van der Waals surface area contributed by atoms with Crippen molar-refractivity contribution in [2.24, 2.45) is 0 Å². The summed E-state index contributed by atoms with van der Waals surface area (Å²) in [5.74, 6) is -1.24. The van der Waals surface area contributed by atoms with Gasteiger partial charge in [-0.15, -0.1) is 0 Å². The highest BCUT2D eigenvalue weighted by Crippen LogP contribution is 2.28. The van der Waals surface area contributed by atoms with Gasteiger partial charge in [-0.25, -0.2) is 8.78 Å². The van der Waals surface area contributed by atoms with Gasteiger partial charge in [0.05, 0.1) is 0 Å². The molecule has 0 bridgehead atoms. The highest BCUT2D eigenvalue weighted by molar-refractivity contribution is 5.22. The van der Waals surface area contributed by atoms with E-state index in [0.717, 1.165) is 32.1 Å². The summed E-state index contributed by atoms with van der Waals surface area (Å²) in [6.07, 6.45) is 5.22. The van der Waals surface area contributed by atoms with Crippen molar-refractivity contribution in [3.8, 4) is 0 Å². The lowest BCUT2D eigenvalue weighted by molar-refractivity contribution is 0.470. The van der Waals surface area contributed by atoms with Crippen molar-refractivity contribution in [2.45, 2.75) is 51.9 Å². The van der Waals surface area contributed by atoms with E-state index in [0.29, 0.717) is 5.56 Å². The van der Waals surface area contributed by atoms with E-state index in [4.69, 9.17) is 0 Å². The fraction of sp³-hybridized carbons (Fsp3) is 0.571. The standard InChI is InChI=1S/C14H20F2/c1-3-5-6-8-11(4-2)12-9-7-10-13(15)14(12)16/h7,9-11H,3-6,8H2,1-2H3. The summed E-state index contributed by atoms with van der Waals surface area (Å²) in [6, 6.07) is 4.48. The number of benzene rings is 1. The predicted molar refractivity (Wildman–Crippen MR) is 63.5 cm³/mol. The molecule has 0 amide bonds. The number of hydrogen-bond donors (Lipinski definition) is 0. The Balaban J connectivity index is 2.74. The van der Waals surface area contributed by atoms with Crippen LogP contribution in [0.5, 0.6) is 0 Å². The molecule has 0 aliphatic rings. The zero-order valence-electron chi connectivity index (χ0n) is 10.1. The van der Waals surface area contributed by atoms with Gasteiger partial charge in [0.1, 0.15) is 0 Å². The van der Waals surface area contributed by atoms with Crippen molar-refractivity contribution < 1.29 is 8.78 Å². The van der Waals surface area contributed by atoms with E-state index in [2.05, 4.69) is 6.92 Å². The maximum atomic E-state index is 13.6. The van der Waals surface area contributed by atoms with E-state index in [-0.39, 0.29) is 5.92 Å². The molecule has 1 rings (SSSR count). The molecule has 0 saturated carbocycles. The lowest BCUT2D eigenvalue weighted by Gasteiger charge is -2.16. The van der Waals surface area contributed by atoms with Crippen LogP contribution in [0.2, 0.25) is 0 Å². The normalized spacial score (nSPS) is 12.8. The van der Waals surface area contributed by atoms with Crippen LogP contribution < -0.4 is 0 Å². The van der Waals surface area contributed by atoms with Gasteiger partial charge < -0.3 is 0 Å². The number of rotatable bonds is 6. The first-order valence-electron chi connectivity index (χ1n) is 6.14. The topological polar surface area (TPSA) is 0 Å². The second-order valence-electron chi connectivity index (χ2n) is 4.24. The zero-order chi connectivity index (χ0) is 12.0. The number of hydrogen-bond acceptors (Lipinski definition) is 0. The maximum Gasteiger partial charge on any atom is 0.162 e. The number of unbranched alkanes of at least 4 members (excludes halogenated alkanes) is 2. The van der Waals surface area contributed by atoms with Gasteiger partial charge in [-0.1, -0.05) is 45.2 Å². The van der Waals surface area contributed by atoms with Crippen LogP contribution in [0.3, 0.4) is 0 Å². The van der Waals surface area contributed by atoms with Crippen molar-refractivity contribution in [1.29, 1.82) is 0 Å². The van der Waals surface area contributed by atoms with Crippen LogP contribution >= 0.6 is 0 Å². The predicted octanol–water partition coefficient (Wildman–Crippen LogP) is 5.04. The maximum absolute atomic E-state index is 13.6. The Kier molecular flexibility index (Phi) is 5.44. The van der Waals surface area contributed by atoms with Crippen molar-refractivity contribution in [1.82, 2.24) is 0 Å². The third-order valence-electron chi connectivity index (χ3n) is 3.07. The van der Waals surface area contributed by atoms with Crippen LogP contribution in [-0.2, 0) is 0 Å². The summed E-state index contributed by atoms with van der Waals surface area (Å²) >= 11 is 0. The minimum absolute atomic E-state index is 0.155. The van der Waals surface area contributed by atoms with Crippen molar-refractivity contribution in [3.05, 3.63) is 35.4 Å². The molecule has 90 valence electrons. The Labute approximate surface area is 96.7 Å². The Morgan fingerprint density at radius 2 is 1.88 bits per heavy atom. The van der Waals surface area contributed by atoms with E-state index in [1.807, 2.05) is 6.92 Å². The van der Waals surface area contributed by atoms with Crippen LogP contribution in [0.25, 0.3) is 0 Å². The van der Waals surface area contributed by atoms with Gasteiger partial charge in [0, 0.05) is 0 Å². The molecule has 16 heavy (non-hydrogen) atoms. The smallest absolute Gasteiger partial charge is 0.162 e. The first kappa shape index (κ1) is 13.1. The summed E-state index contributed by atoms with van der Waals surface area (Å²) in [4.78, 5) is 0. The van der Waals surface area contributed by atoms with Crippen LogP contribution in [-0.4, -0.2) is 0 Å². The molecule has 0 aromatic heterocycles. The van der Waals surface area contributed by atoms with Gasteiger partial charge >= 0.3 is 0 Å². The van der Waals surface area contributed by atoms with Crippen molar-refractivity contribution in [3.63, 3.8) is 0 Å². The summed E-state index contributed by atoms with van der Waals surface area (Å²) in [5, 5.41) is 0. The molecule has 0 aliphatic carbocycles. The molecule has 1 aromatic rings. The summed E-state index contributed by atoms with van der Waals surface area (Å²) in [7, 11) is 0. The molecule has 2 heteroatoms. The Bertz CT molecular complexity index is 321. The van der Waals surface area contributed by atoms with E-state index in [1.54, 1.807) is 12.1 Å². The lowest BCUT2D eigenvalue weighted by Crippen LogP contribution is -2.02. The molecule has 0 nitrogen and oxygen atoms in total. The van der Waals surface area contributed by atoms with E-state index < -0.39 is 11.6 Å². The SMILES string of the molecule is CCCCCC(CC)c1cccc(F)c1F. The van der Waals surface area contributed by atoms with Gasteiger partial charge in [-0.3, -0.25) is 0 Å². The summed E-state index contributed by atoms with van der Waals surface area (Å²) in [5.41, 5.74) is 0.540. The van der Waals surface area contributed by atoms with Gasteiger partial charge in [-0.2, -0.15) is 0 Å². The molecule has 0 spiro atoms.